The molecule has 1 fully saturated rings. The summed E-state index contributed by atoms with van der Waals surface area (Å²) < 4.78 is 5.19. The standard InChI is InChI=1S/C22H27N3O4/c1-29-20-9-7-18(8-10-20)15-23-11-13-24(14-12-23)21(26)16-25(17-22(27)28)19-5-3-2-4-6-19/h2-10H,11-17H2,1H3,(H,27,28). The molecule has 0 spiro atoms. The molecule has 0 radical (unpaired) electrons. The lowest BCUT2D eigenvalue weighted by Crippen LogP contribution is -2.51. The van der Waals surface area contributed by atoms with Crippen LogP contribution in [0.4, 0.5) is 5.69 Å². The molecule has 1 N–H and O–H groups in total. The van der Waals surface area contributed by atoms with Crippen LogP contribution in [0, 0.1) is 0 Å². The zero-order valence-electron chi connectivity index (χ0n) is 16.7. The van der Waals surface area contributed by atoms with Crippen LogP contribution in [0.15, 0.2) is 54.6 Å². The molecule has 1 heterocycles. The predicted octanol–water partition coefficient (Wildman–Crippen LogP) is 1.93. The van der Waals surface area contributed by atoms with Gasteiger partial charge in [0.1, 0.15) is 12.3 Å². The van der Waals surface area contributed by atoms with E-state index in [0.29, 0.717) is 13.1 Å². The van der Waals surface area contributed by atoms with Gasteiger partial charge in [-0.1, -0.05) is 30.3 Å². The highest BCUT2D eigenvalue weighted by atomic mass is 16.5. The Morgan fingerprint density at radius 1 is 0.966 bits per heavy atom. The van der Waals surface area contributed by atoms with Crippen LogP contribution in [-0.4, -0.2) is 73.2 Å². The number of aliphatic carboxylic acids is 1. The molecular formula is C22H27N3O4. The van der Waals surface area contributed by atoms with Crippen molar-refractivity contribution in [1.29, 1.82) is 0 Å². The number of carboxylic acids is 1. The molecule has 1 amide bonds. The molecule has 1 saturated heterocycles. The number of anilines is 1. The number of piperazine rings is 1. The number of rotatable bonds is 8. The van der Waals surface area contributed by atoms with Crippen molar-refractivity contribution in [2.24, 2.45) is 0 Å². The van der Waals surface area contributed by atoms with E-state index in [4.69, 9.17) is 4.74 Å². The smallest absolute Gasteiger partial charge is 0.323 e. The number of carbonyl (C=O) groups excluding carboxylic acids is 1. The minimum absolute atomic E-state index is 0.0424. The number of amides is 1. The van der Waals surface area contributed by atoms with E-state index in [9.17, 15) is 14.7 Å². The molecule has 0 unspecified atom stereocenters. The van der Waals surface area contributed by atoms with Gasteiger partial charge < -0.3 is 19.6 Å². The van der Waals surface area contributed by atoms with E-state index in [2.05, 4.69) is 17.0 Å². The number of benzene rings is 2. The van der Waals surface area contributed by atoms with Crippen molar-refractivity contribution in [2.75, 3.05) is 51.3 Å². The summed E-state index contributed by atoms with van der Waals surface area (Å²) in [5, 5.41) is 9.20. The maximum atomic E-state index is 12.8. The first kappa shape index (κ1) is 20.7. The Balaban J connectivity index is 1.52. The van der Waals surface area contributed by atoms with Gasteiger partial charge in [-0.25, -0.2) is 0 Å². The number of hydrogen-bond acceptors (Lipinski definition) is 5. The van der Waals surface area contributed by atoms with Gasteiger partial charge in [0.2, 0.25) is 5.91 Å². The molecule has 7 nitrogen and oxygen atoms in total. The van der Waals surface area contributed by atoms with Crippen LogP contribution in [0.1, 0.15) is 5.56 Å². The number of para-hydroxylation sites is 1. The van der Waals surface area contributed by atoms with Gasteiger partial charge in [0.25, 0.3) is 0 Å². The Hall–Kier alpha value is -3.06. The second-order valence-corrected chi connectivity index (χ2v) is 7.09. The first-order chi connectivity index (χ1) is 14.0. The maximum Gasteiger partial charge on any atom is 0.323 e. The van der Waals surface area contributed by atoms with E-state index in [-0.39, 0.29) is 19.0 Å². The van der Waals surface area contributed by atoms with Crippen LogP contribution in [0.3, 0.4) is 0 Å². The Kier molecular flexibility index (Phi) is 7.08. The third-order valence-electron chi connectivity index (χ3n) is 5.06. The zero-order valence-corrected chi connectivity index (χ0v) is 16.7. The van der Waals surface area contributed by atoms with Crippen LogP contribution in [-0.2, 0) is 16.1 Å². The number of nitrogens with zero attached hydrogens (tertiary/aromatic N) is 3. The molecule has 2 aromatic carbocycles. The summed E-state index contributed by atoms with van der Waals surface area (Å²) in [4.78, 5) is 29.7. The molecule has 0 aromatic heterocycles. The lowest BCUT2D eigenvalue weighted by molar-refractivity contribution is -0.135. The highest BCUT2D eigenvalue weighted by molar-refractivity contribution is 5.84. The average Bonchev–Trinajstić information content (AvgIpc) is 2.74. The predicted molar refractivity (Wildman–Crippen MR) is 111 cm³/mol. The van der Waals surface area contributed by atoms with Gasteiger partial charge >= 0.3 is 5.97 Å². The van der Waals surface area contributed by atoms with Gasteiger partial charge in [-0.2, -0.15) is 0 Å². The molecule has 3 rings (SSSR count). The molecule has 0 atom stereocenters. The second-order valence-electron chi connectivity index (χ2n) is 7.09. The maximum absolute atomic E-state index is 12.8. The van der Waals surface area contributed by atoms with Gasteiger partial charge in [0, 0.05) is 38.4 Å². The quantitative estimate of drug-likeness (QED) is 0.734. The fourth-order valence-corrected chi connectivity index (χ4v) is 3.45. The van der Waals surface area contributed by atoms with Crippen LogP contribution in [0.2, 0.25) is 0 Å². The first-order valence-electron chi connectivity index (χ1n) is 9.70. The van der Waals surface area contributed by atoms with Gasteiger partial charge in [-0.15, -0.1) is 0 Å². The summed E-state index contributed by atoms with van der Waals surface area (Å²) in [6, 6.07) is 17.2. The fourth-order valence-electron chi connectivity index (χ4n) is 3.45. The van der Waals surface area contributed by atoms with E-state index >= 15 is 0 Å². The van der Waals surface area contributed by atoms with E-state index in [1.807, 2.05) is 47.4 Å². The summed E-state index contributed by atoms with van der Waals surface area (Å²) in [5.74, 6) is -0.154. The van der Waals surface area contributed by atoms with Crippen molar-refractivity contribution in [2.45, 2.75) is 6.54 Å². The molecule has 29 heavy (non-hydrogen) atoms. The highest BCUT2D eigenvalue weighted by Crippen LogP contribution is 2.16. The Bertz CT molecular complexity index is 803. The summed E-state index contributed by atoms with van der Waals surface area (Å²) >= 11 is 0. The SMILES string of the molecule is COc1ccc(CN2CCN(C(=O)CN(CC(=O)O)c3ccccc3)CC2)cc1. The molecular weight excluding hydrogens is 370 g/mol. The summed E-state index contributed by atoms with van der Waals surface area (Å²) in [7, 11) is 1.65. The van der Waals surface area contributed by atoms with Gasteiger partial charge in [0.05, 0.1) is 13.7 Å². The highest BCUT2D eigenvalue weighted by Gasteiger charge is 2.23. The van der Waals surface area contributed by atoms with Crippen molar-refractivity contribution in [3.63, 3.8) is 0 Å². The molecule has 7 heteroatoms. The normalized spacial score (nSPS) is 14.4. The third-order valence-corrected chi connectivity index (χ3v) is 5.06. The number of hydrogen-bond donors (Lipinski definition) is 1. The van der Waals surface area contributed by atoms with Crippen molar-refractivity contribution in [1.82, 2.24) is 9.80 Å². The average molecular weight is 397 g/mol. The Morgan fingerprint density at radius 2 is 1.62 bits per heavy atom. The van der Waals surface area contributed by atoms with Crippen LogP contribution < -0.4 is 9.64 Å². The van der Waals surface area contributed by atoms with Crippen molar-refractivity contribution >= 4 is 17.6 Å². The molecule has 0 bridgehead atoms. The second kappa shape index (κ2) is 9.93. The summed E-state index contributed by atoms with van der Waals surface area (Å²) in [5.41, 5.74) is 1.95. The minimum Gasteiger partial charge on any atom is -0.497 e. The van der Waals surface area contributed by atoms with Crippen molar-refractivity contribution in [3.05, 3.63) is 60.2 Å². The largest absolute Gasteiger partial charge is 0.497 e. The molecule has 1 aliphatic heterocycles. The van der Waals surface area contributed by atoms with Crippen molar-refractivity contribution < 1.29 is 19.4 Å². The molecule has 154 valence electrons. The van der Waals surface area contributed by atoms with Gasteiger partial charge in [-0.05, 0) is 29.8 Å². The molecule has 0 saturated carbocycles. The van der Waals surface area contributed by atoms with E-state index < -0.39 is 5.97 Å². The monoisotopic (exact) mass is 397 g/mol. The number of carboxylic acid groups (broad SMARTS) is 1. The number of carbonyl (C=O) groups is 2. The lowest BCUT2D eigenvalue weighted by Gasteiger charge is -2.36. The topological polar surface area (TPSA) is 73.3 Å². The molecule has 2 aromatic rings. The van der Waals surface area contributed by atoms with Crippen LogP contribution in [0.5, 0.6) is 5.75 Å². The Labute approximate surface area is 171 Å². The van der Waals surface area contributed by atoms with Crippen molar-refractivity contribution in [3.8, 4) is 5.75 Å². The van der Waals surface area contributed by atoms with Gasteiger partial charge in [0.15, 0.2) is 0 Å². The van der Waals surface area contributed by atoms with E-state index in [0.717, 1.165) is 31.1 Å². The minimum atomic E-state index is -0.953. The zero-order chi connectivity index (χ0) is 20.6. The van der Waals surface area contributed by atoms with E-state index in [1.54, 1.807) is 12.0 Å². The van der Waals surface area contributed by atoms with Crippen LogP contribution >= 0.6 is 0 Å². The van der Waals surface area contributed by atoms with Crippen LogP contribution in [0.25, 0.3) is 0 Å². The number of ether oxygens (including phenoxy) is 1. The summed E-state index contributed by atoms with van der Waals surface area (Å²) in [6.45, 7) is 3.57. The number of methoxy groups -OCH3 is 1. The lowest BCUT2D eigenvalue weighted by atomic mass is 10.2. The Morgan fingerprint density at radius 3 is 2.21 bits per heavy atom. The first-order valence-corrected chi connectivity index (χ1v) is 9.70. The van der Waals surface area contributed by atoms with E-state index in [1.165, 1.54) is 5.56 Å². The molecule has 1 aliphatic rings. The summed E-state index contributed by atoms with van der Waals surface area (Å²) in [6.07, 6.45) is 0. The fraction of sp³-hybridized carbons (Fsp3) is 0.364. The molecule has 0 aliphatic carbocycles. The third kappa shape index (κ3) is 5.96. The van der Waals surface area contributed by atoms with Gasteiger partial charge in [-0.3, -0.25) is 14.5 Å².